The highest BCUT2D eigenvalue weighted by Gasteiger charge is 2.30. The van der Waals surface area contributed by atoms with Gasteiger partial charge in [-0.25, -0.2) is 4.98 Å². The third-order valence-electron chi connectivity index (χ3n) is 4.60. The minimum Gasteiger partial charge on any atom is -0.317 e. The van der Waals surface area contributed by atoms with Crippen molar-refractivity contribution in [3.8, 4) is 0 Å². The summed E-state index contributed by atoms with van der Waals surface area (Å²) in [6.45, 7) is 5.35. The molecule has 0 saturated heterocycles. The SMILES string of the molecule is CCCC1CCC(NC)C(Cc2ncnn2CC)C1. The third-order valence-corrected chi connectivity index (χ3v) is 4.60. The van der Waals surface area contributed by atoms with Gasteiger partial charge in [0.15, 0.2) is 0 Å². The zero-order chi connectivity index (χ0) is 13.7. The van der Waals surface area contributed by atoms with E-state index in [2.05, 4.69) is 36.3 Å². The Bertz CT molecular complexity index is 374. The van der Waals surface area contributed by atoms with Crippen molar-refractivity contribution in [2.24, 2.45) is 11.8 Å². The zero-order valence-electron chi connectivity index (χ0n) is 12.6. The van der Waals surface area contributed by atoms with Crippen molar-refractivity contribution in [3.63, 3.8) is 0 Å². The second-order valence-electron chi connectivity index (χ2n) is 5.82. The second-order valence-corrected chi connectivity index (χ2v) is 5.82. The van der Waals surface area contributed by atoms with Gasteiger partial charge in [0.05, 0.1) is 0 Å². The Morgan fingerprint density at radius 3 is 2.89 bits per heavy atom. The van der Waals surface area contributed by atoms with Crippen LogP contribution < -0.4 is 5.32 Å². The molecular weight excluding hydrogens is 236 g/mol. The van der Waals surface area contributed by atoms with Crippen LogP contribution in [0.1, 0.15) is 51.8 Å². The standard InChI is InChI=1S/C15H28N4/c1-4-6-12-7-8-14(16-3)13(9-12)10-15-17-11-18-19(15)5-2/h11-14,16H,4-10H2,1-3H3. The smallest absolute Gasteiger partial charge is 0.138 e. The Morgan fingerprint density at radius 1 is 1.37 bits per heavy atom. The summed E-state index contributed by atoms with van der Waals surface area (Å²) in [5.41, 5.74) is 0. The number of nitrogens with zero attached hydrogens (tertiary/aromatic N) is 3. The van der Waals surface area contributed by atoms with Gasteiger partial charge in [-0.05, 0) is 45.1 Å². The molecule has 3 atom stereocenters. The highest BCUT2D eigenvalue weighted by atomic mass is 15.3. The van der Waals surface area contributed by atoms with Crippen molar-refractivity contribution in [1.29, 1.82) is 0 Å². The zero-order valence-corrected chi connectivity index (χ0v) is 12.6. The minimum atomic E-state index is 0.648. The lowest BCUT2D eigenvalue weighted by Crippen LogP contribution is -2.40. The van der Waals surface area contributed by atoms with Crippen LogP contribution in [0, 0.1) is 11.8 Å². The maximum atomic E-state index is 4.44. The van der Waals surface area contributed by atoms with Gasteiger partial charge in [0, 0.05) is 19.0 Å². The molecule has 3 unspecified atom stereocenters. The number of nitrogens with one attached hydrogen (secondary N) is 1. The van der Waals surface area contributed by atoms with Crippen LogP contribution in [0.25, 0.3) is 0 Å². The lowest BCUT2D eigenvalue weighted by atomic mass is 9.75. The lowest BCUT2D eigenvalue weighted by molar-refractivity contribution is 0.197. The Balaban J connectivity index is 2.02. The maximum Gasteiger partial charge on any atom is 0.138 e. The number of aromatic nitrogens is 3. The lowest BCUT2D eigenvalue weighted by Gasteiger charge is -2.36. The van der Waals surface area contributed by atoms with E-state index in [-0.39, 0.29) is 0 Å². The predicted octanol–water partition coefficient (Wildman–Crippen LogP) is 2.64. The molecule has 0 aromatic carbocycles. The van der Waals surface area contributed by atoms with E-state index in [1.165, 1.54) is 32.1 Å². The van der Waals surface area contributed by atoms with Gasteiger partial charge < -0.3 is 5.32 Å². The van der Waals surface area contributed by atoms with E-state index in [1.807, 2.05) is 4.68 Å². The summed E-state index contributed by atoms with van der Waals surface area (Å²) in [4.78, 5) is 4.44. The van der Waals surface area contributed by atoms with Crippen LogP contribution in [-0.2, 0) is 13.0 Å². The molecule has 2 rings (SSSR count). The van der Waals surface area contributed by atoms with Crippen LogP contribution in [0.4, 0.5) is 0 Å². The largest absolute Gasteiger partial charge is 0.317 e. The van der Waals surface area contributed by atoms with Gasteiger partial charge in [-0.2, -0.15) is 5.10 Å². The van der Waals surface area contributed by atoms with E-state index in [0.717, 1.165) is 24.7 Å². The van der Waals surface area contributed by atoms with Crippen LogP contribution in [0.2, 0.25) is 0 Å². The highest BCUT2D eigenvalue weighted by molar-refractivity contribution is 4.93. The van der Waals surface area contributed by atoms with E-state index in [1.54, 1.807) is 6.33 Å². The van der Waals surface area contributed by atoms with Crippen molar-refractivity contribution < 1.29 is 0 Å². The van der Waals surface area contributed by atoms with Crippen LogP contribution in [0.15, 0.2) is 6.33 Å². The molecule has 1 fully saturated rings. The molecule has 0 aliphatic heterocycles. The van der Waals surface area contributed by atoms with Crippen molar-refractivity contribution in [2.45, 2.75) is 65.0 Å². The van der Waals surface area contributed by atoms with Gasteiger partial charge in [0.25, 0.3) is 0 Å². The monoisotopic (exact) mass is 264 g/mol. The van der Waals surface area contributed by atoms with Gasteiger partial charge in [-0.1, -0.05) is 19.8 Å². The molecule has 1 aliphatic carbocycles. The first-order valence-corrected chi connectivity index (χ1v) is 7.82. The molecule has 0 radical (unpaired) electrons. The average molecular weight is 264 g/mol. The van der Waals surface area contributed by atoms with Crippen LogP contribution in [-0.4, -0.2) is 27.9 Å². The molecule has 1 aromatic rings. The van der Waals surface area contributed by atoms with E-state index in [0.29, 0.717) is 12.0 Å². The summed E-state index contributed by atoms with van der Waals surface area (Å²) in [5.74, 6) is 2.78. The molecule has 1 saturated carbocycles. The Labute approximate surface area is 117 Å². The van der Waals surface area contributed by atoms with Crippen molar-refractivity contribution in [1.82, 2.24) is 20.1 Å². The normalized spacial score (nSPS) is 27.6. The van der Waals surface area contributed by atoms with Gasteiger partial charge in [-0.15, -0.1) is 0 Å². The summed E-state index contributed by atoms with van der Waals surface area (Å²) < 4.78 is 2.04. The van der Waals surface area contributed by atoms with Crippen molar-refractivity contribution >= 4 is 0 Å². The summed E-state index contributed by atoms with van der Waals surface area (Å²) in [6, 6.07) is 0.648. The first kappa shape index (κ1) is 14.5. The van der Waals surface area contributed by atoms with Crippen molar-refractivity contribution in [2.75, 3.05) is 7.05 Å². The molecule has 19 heavy (non-hydrogen) atoms. The topological polar surface area (TPSA) is 42.7 Å². The number of rotatable bonds is 6. The van der Waals surface area contributed by atoms with Gasteiger partial charge in [-0.3, -0.25) is 4.68 Å². The van der Waals surface area contributed by atoms with Gasteiger partial charge >= 0.3 is 0 Å². The molecule has 0 amide bonds. The molecule has 108 valence electrons. The van der Waals surface area contributed by atoms with Gasteiger partial charge in [0.1, 0.15) is 12.2 Å². The summed E-state index contributed by atoms with van der Waals surface area (Å²) >= 11 is 0. The van der Waals surface area contributed by atoms with Gasteiger partial charge in [0.2, 0.25) is 0 Å². The fourth-order valence-corrected chi connectivity index (χ4v) is 3.58. The van der Waals surface area contributed by atoms with E-state index < -0.39 is 0 Å². The first-order valence-electron chi connectivity index (χ1n) is 7.82. The molecular formula is C15H28N4. The maximum absolute atomic E-state index is 4.44. The molecule has 1 heterocycles. The van der Waals surface area contributed by atoms with Crippen molar-refractivity contribution in [3.05, 3.63) is 12.2 Å². The molecule has 1 aliphatic rings. The number of hydrogen-bond acceptors (Lipinski definition) is 3. The molecule has 4 nitrogen and oxygen atoms in total. The van der Waals surface area contributed by atoms with Crippen LogP contribution in [0.3, 0.4) is 0 Å². The minimum absolute atomic E-state index is 0.648. The second kappa shape index (κ2) is 7.04. The summed E-state index contributed by atoms with van der Waals surface area (Å²) in [6.07, 6.45) is 9.50. The van der Waals surface area contributed by atoms with E-state index in [9.17, 15) is 0 Å². The number of hydrogen-bond donors (Lipinski definition) is 1. The predicted molar refractivity (Wildman–Crippen MR) is 78.0 cm³/mol. The fourth-order valence-electron chi connectivity index (χ4n) is 3.58. The number of aryl methyl sites for hydroxylation is 1. The highest BCUT2D eigenvalue weighted by Crippen LogP contribution is 2.33. The first-order chi connectivity index (χ1) is 9.28. The molecule has 1 aromatic heterocycles. The summed E-state index contributed by atoms with van der Waals surface area (Å²) in [5, 5.41) is 7.80. The quantitative estimate of drug-likeness (QED) is 0.859. The summed E-state index contributed by atoms with van der Waals surface area (Å²) in [7, 11) is 2.10. The Morgan fingerprint density at radius 2 is 2.21 bits per heavy atom. The fraction of sp³-hybridized carbons (Fsp3) is 0.867. The molecule has 0 spiro atoms. The average Bonchev–Trinajstić information content (AvgIpc) is 2.87. The molecule has 4 heteroatoms. The van der Waals surface area contributed by atoms with E-state index >= 15 is 0 Å². The Hall–Kier alpha value is -0.900. The third kappa shape index (κ3) is 3.56. The Kier molecular flexibility index (Phi) is 5.37. The van der Waals surface area contributed by atoms with Crippen LogP contribution >= 0.6 is 0 Å². The molecule has 1 N–H and O–H groups in total. The van der Waals surface area contributed by atoms with Crippen LogP contribution in [0.5, 0.6) is 0 Å². The molecule has 0 bridgehead atoms. The van der Waals surface area contributed by atoms with E-state index in [4.69, 9.17) is 0 Å².